The molecule has 0 radical (unpaired) electrons. The van der Waals surface area contributed by atoms with Crippen LogP contribution < -0.4 is 5.32 Å². The number of halogens is 26. The van der Waals surface area contributed by atoms with Crippen molar-refractivity contribution in [3.05, 3.63) is 23.2 Å². The second kappa shape index (κ2) is 10.9. The van der Waals surface area contributed by atoms with Crippen molar-refractivity contribution in [1.82, 2.24) is 5.32 Å². The van der Waals surface area contributed by atoms with E-state index in [-0.39, 0.29) is 7.05 Å². The molecule has 0 aromatic rings. The van der Waals surface area contributed by atoms with E-state index in [0.717, 1.165) is 0 Å². The van der Waals surface area contributed by atoms with E-state index in [1.165, 1.54) is 0 Å². The maximum Gasteiger partial charge on any atom is 0.964 e. The van der Waals surface area contributed by atoms with Crippen LogP contribution in [0.3, 0.4) is 0 Å². The Hall–Kier alpha value is -2.74. The highest BCUT2D eigenvalue weighted by Gasteiger charge is 2.95. The van der Waals surface area contributed by atoms with Crippen molar-refractivity contribution >= 4 is 19.6 Å². The van der Waals surface area contributed by atoms with E-state index in [1.807, 2.05) is 0 Å². The minimum Gasteiger partial charge on any atom is -0.603 e. The molecule has 1 N–H and O–H groups in total. The molecule has 49 heavy (non-hydrogen) atoms. The SMILES string of the molecule is CN[C](=O)[Al]([O]/C1=C(\F)C(F)(F)C(F)(F)C(F)(F)C(F)(F)C(F)(F)C1(F)F)[O]/C1=C(\F)C(F)(F)C(F)(F)C(F)(F)C(F)(F)C(F)(F)C1(F)F. The van der Waals surface area contributed by atoms with Crippen LogP contribution in [0.1, 0.15) is 0 Å². The predicted octanol–water partition coefficient (Wildman–Crippen LogP) is 8.44. The van der Waals surface area contributed by atoms with Crippen molar-refractivity contribution in [2.45, 2.75) is 71.1 Å². The molecule has 0 spiro atoms. The number of nitrogens with one attached hydrogen (secondary N) is 1. The number of amides is 1. The Kier molecular flexibility index (Phi) is 9.42. The molecule has 2 aliphatic carbocycles. The van der Waals surface area contributed by atoms with E-state index < -0.39 is 114 Å². The molecular weight excluding hydrogens is 799 g/mol. The maximum absolute atomic E-state index is 14.5. The molecule has 31 heteroatoms. The number of hydrogen-bond acceptors (Lipinski definition) is 3. The van der Waals surface area contributed by atoms with Crippen LogP contribution in [0.5, 0.6) is 0 Å². The highest BCUT2D eigenvalue weighted by molar-refractivity contribution is 6.80. The third-order valence-electron chi connectivity index (χ3n) is 6.37. The Labute approximate surface area is 253 Å². The van der Waals surface area contributed by atoms with Crippen molar-refractivity contribution in [3.63, 3.8) is 0 Å². The lowest BCUT2D eigenvalue weighted by atomic mass is 9.86. The fraction of sp³-hybridized carbons (Fsp3) is 0.722. The Balaban J connectivity index is 3.10. The fourth-order valence-corrected chi connectivity index (χ4v) is 4.84. The molecule has 0 bridgehead atoms. The molecule has 4 nitrogen and oxygen atoms in total. The van der Waals surface area contributed by atoms with Crippen molar-refractivity contribution in [2.24, 2.45) is 0 Å². The van der Waals surface area contributed by atoms with Gasteiger partial charge in [0.15, 0.2) is 11.5 Å². The van der Waals surface area contributed by atoms with Gasteiger partial charge in [-0.2, -0.15) is 105 Å². The van der Waals surface area contributed by atoms with E-state index in [2.05, 4.69) is 7.58 Å². The molecule has 2 aliphatic rings. The van der Waals surface area contributed by atoms with Gasteiger partial charge in [-0.05, 0) is 0 Å². The van der Waals surface area contributed by atoms with Crippen LogP contribution >= 0.6 is 0 Å². The van der Waals surface area contributed by atoms with Gasteiger partial charge in [0.1, 0.15) is 0 Å². The summed E-state index contributed by atoms with van der Waals surface area (Å²) in [4.78, 5) is 11.9. The smallest absolute Gasteiger partial charge is 0.603 e. The lowest BCUT2D eigenvalue weighted by Gasteiger charge is -2.44. The first kappa shape index (κ1) is 42.4. The average molecular weight is 803 g/mol. The summed E-state index contributed by atoms with van der Waals surface area (Å²) >= 11 is -7.25. The lowest BCUT2D eigenvalue weighted by Crippen LogP contribution is -2.73. The molecule has 0 fully saturated rings. The molecule has 0 atom stereocenters. The molecule has 0 saturated carbocycles. The number of alkyl halides is 24. The Morgan fingerprint density at radius 2 is 0.633 bits per heavy atom. The second-order valence-electron chi connectivity index (χ2n) is 9.36. The molecule has 284 valence electrons. The van der Waals surface area contributed by atoms with Crippen LogP contribution in [0.15, 0.2) is 23.2 Å². The molecular formula is C18H4AlF26NO3. The Morgan fingerprint density at radius 3 is 0.837 bits per heavy atom. The third-order valence-corrected chi connectivity index (χ3v) is 7.99. The zero-order valence-electron chi connectivity index (χ0n) is 21.6. The summed E-state index contributed by atoms with van der Waals surface area (Å²) in [5.74, 6) is -120. The second-order valence-corrected chi connectivity index (χ2v) is 11.0. The van der Waals surface area contributed by atoms with E-state index in [4.69, 9.17) is 0 Å². The Morgan fingerprint density at radius 1 is 0.429 bits per heavy atom. The van der Waals surface area contributed by atoms with E-state index in [0.29, 0.717) is 5.32 Å². The van der Waals surface area contributed by atoms with Gasteiger partial charge in [0.2, 0.25) is 16.4 Å². The normalized spacial score (nSPS) is 32.3. The monoisotopic (exact) mass is 803 g/mol. The first-order valence-corrected chi connectivity index (χ1v) is 12.6. The summed E-state index contributed by atoms with van der Waals surface area (Å²) in [6, 6.07) is 0. The average Bonchev–Trinajstić information content (AvgIpc) is 2.93. The molecule has 1 amide bonds. The Bertz CT molecular complexity index is 1330. The van der Waals surface area contributed by atoms with Crippen molar-refractivity contribution in [3.8, 4) is 0 Å². The molecule has 0 aliphatic heterocycles. The van der Waals surface area contributed by atoms with Gasteiger partial charge in [0.25, 0.3) is 0 Å². The van der Waals surface area contributed by atoms with Crippen LogP contribution in [0.4, 0.5) is 119 Å². The van der Waals surface area contributed by atoms with Gasteiger partial charge in [-0.25, -0.2) is 8.78 Å². The van der Waals surface area contributed by atoms with Crippen LogP contribution in [-0.2, 0) is 7.58 Å². The predicted molar refractivity (Wildman–Crippen MR) is 98.0 cm³/mol. The van der Waals surface area contributed by atoms with Crippen molar-refractivity contribution < 1.29 is 127 Å². The number of hydrogen-bond donors (Lipinski definition) is 1. The number of carbonyl (C=O) groups excluding carboxylic acids is 1. The van der Waals surface area contributed by atoms with Crippen LogP contribution in [0, 0.1) is 0 Å². The largest absolute Gasteiger partial charge is 0.964 e. The highest BCUT2D eigenvalue weighted by Crippen LogP contribution is 2.67. The zero-order valence-corrected chi connectivity index (χ0v) is 22.8. The first-order chi connectivity index (χ1) is 21.1. The molecule has 0 aromatic carbocycles. The number of allylic oxidation sites excluding steroid dienone is 4. The summed E-state index contributed by atoms with van der Waals surface area (Å²) in [5, 5.41) is 0.669. The quantitative estimate of drug-likeness (QED) is 0.225. The van der Waals surface area contributed by atoms with Crippen molar-refractivity contribution in [1.29, 1.82) is 0 Å². The highest BCUT2D eigenvalue weighted by atomic mass is 27.2. The molecule has 0 aromatic heterocycles. The third kappa shape index (κ3) is 4.77. The van der Waals surface area contributed by atoms with Gasteiger partial charge >= 0.3 is 85.9 Å². The minimum atomic E-state index is -8.54. The lowest BCUT2D eigenvalue weighted by molar-refractivity contribution is -0.426. The van der Waals surface area contributed by atoms with Crippen molar-refractivity contribution in [2.75, 3.05) is 7.05 Å². The summed E-state index contributed by atoms with van der Waals surface area (Å²) in [6.45, 7) is 0. The maximum atomic E-state index is 14.5. The summed E-state index contributed by atoms with van der Waals surface area (Å²) in [6.07, 6.45) is 0. The van der Waals surface area contributed by atoms with Crippen LogP contribution in [0.25, 0.3) is 0 Å². The molecule has 0 heterocycles. The van der Waals surface area contributed by atoms with E-state index in [9.17, 15) is 119 Å². The van der Waals surface area contributed by atoms with E-state index in [1.54, 1.807) is 0 Å². The van der Waals surface area contributed by atoms with Gasteiger partial charge < -0.3 is 12.9 Å². The van der Waals surface area contributed by atoms with Crippen LogP contribution in [-0.4, -0.2) is 97.7 Å². The molecule has 0 saturated heterocycles. The zero-order chi connectivity index (χ0) is 39.6. The molecule has 2 rings (SSSR count). The molecule has 0 unspecified atom stereocenters. The van der Waals surface area contributed by atoms with Gasteiger partial charge in [-0.1, -0.05) is 0 Å². The summed E-state index contributed by atoms with van der Waals surface area (Å²) in [5.41, 5.74) is 0. The number of carbonyl (C=O) groups is 1. The van der Waals surface area contributed by atoms with Gasteiger partial charge in [0.05, 0.1) is 0 Å². The topological polar surface area (TPSA) is 47.6 Å². The van der Waals surface area contributed by atoms with E-state index >= 15 is 0 Å². The first-order valence-electron chi connectivity index (χ1n) is 11.0. The van der Waals surface area contributed by atoms with Crippen LogP contribution in [0.2, 0.25) is 0 Å². The standard InChI is InChI=1S/2C8HF13O.C2H4NO.Al/c2*9-1-2(22)4(12,13)6(16,17)8(20,21)7(18,19)5(14,15)3(1,10)11;1-3-2-4;/h2*22H;1H3,(H,3,4);/q;;;+2/p-2/b2*2-1-;;. The van der Waals surface area contributed by atoms with Gasteiger partial charge in [-0.3, -0.25) is 4.79 Å². The number of rotatable bonds is 5. The fourth-order valence-electron chi connectivity index (χ4n) is 3.41. The summed E-state index contributed by atoms with van der Waals surface area (Å²) < 4.78 is 366. The minimum absolute atomic E-state index is 0.116. The van der Waals surface area contributed by atoms with Gasteiger partial charge in [-0.15, -0.1) is 0 Å². The summed E-state index contributed by atoms with van der Waals surface area (Å²) in [7, 11) is -0.116. The van der Waals surface area contributed by atoms with Gasteiger partial charge in [0, 0.05) is 7.05 Å².